The number of rotatable bonds is 5. The molecule has 0 aromatic heterocycles. The highest BCUT2D eigenvalue weighted by Crippen LogP contribution is 2.15. The van der Waals surface area contributed by atoms with Gasteiger partial charge in [-0.3, -0.25) is 4.31 Å². The van der Waals surface area contributed by atoms with Gasteiger partial charge in [0.05, 0.1) is 11.3 Å². The number of carbonyl (C=O) groups excluding carboxylic acids is 1. The molecule has 0 aliphatic carbocycles. The van der Waals surface area contributed by atoms with Gasteiger partial charge in [0.15, 0.2) is 0 Å². The molecule has 0 fully saturated rings. The molecule has 1 aliphatic heterocycles. The van der Waals surface area contributed by atoms with Crippen molar-refractivity contribution < 1.29 is 27.1 Å². The van der Waals surface area contributed by atoms with Crippen molar-refractivity contribution in [1.82, 2.24) is 4.31 Å². The molecule has 2 rings (SSSR count). The van der Waals surface area contributed by atoms with Gasteiger partial charge in [-0.1, -0.05) is 0 Å². The molecule has 124 valence electrons. The van der Waals surface area contributed by atoms with E-state index in [0.29, 0.717) is 5.75 Å². The summed E-state index contributed by atoms with van der Waals surface area (Å²) in [5, 5.41) is 0. The summed E-state index contributed by atoms with van der Waals surface area (Å²) in [7, 11) is -2.49. The van der Waals surface area contributed by atoms with Crippen LogP contribution in [0.3, 0.4) is 0 Å². The highest BCUT2D eigenvalue weighted by atomic mass is 32.2. The Kier molecular flexibility index (Phi) is 4.99. The van der Waals surface area contributed by atoms with Crippen molar-refractivity contribution in [2.75, 3.05) is 20.3 Å². The Labute approximate surface area is 133 Å². The second kappa shape index (κ2) is 6.78. The second-order valence-corrected chi connectivity index (χ2v) is 6.31. The number of halogens is 1. The number of hydrogen-bond donors (Lipinski definition) is 0. The van der Waals surface area contributed by atoms with E-state index in [4.69, 9.17) is 9.47 Å². The van der Waals surface area contributed by atoms with E-state index < -0.39 is 16.2 Å². The normalized spacial score (nSPS) is 16.4. The third-order valence-electron chi connectivity index (χ3n) is 2.94. The first-order valence-electron chi connectivity index (χ1n) is 6.62. The smallest absolute Gasteiger partial charge is 0.344 e. The highest BCUT2D eigenvalue weighted by Gasteiger charge is 2.26. The van der Waals surface area contributed by atoms with Crippen LogP contribution in [0.4, 0.5) is 4.39 Å². The number of hydrogen-bond acceptors (Lipinski definition) is 5. The zero-order chi connectivity index (χ0) is 17.0. The van der Waals surface area contributed by atoms with Gasteiger partial charge in [0.2, 0.25) is 0 Å². The van der Waals surface area contributed by atoms with Crippen molar-refractivity contribution in [3.8, 4) is 5.75 Å². The van der Waals surface area contributed by atoms with E-state index >= 15 is 0 Å². The van der Waals surface area contributed by atoms with Gasteiger partial charge in [0.25, 0.3) is 0 Å². The molecule has 0 bridgehead atoms. The summed E-state index contributed by atoms with van der Waals surface area (Å²) in [6, 6.07) is 5.42. The van der Waals surface area contributed by atoms with E-state index in [-0.39, 0.29) is 30.3 Å². The van der Waals surface area contributed by atoms with Crippen LogP contribution in [-0.2, 0) is 19.7 Å². The standard InChI is InChI=1S/C14H15FN2O5S/c1-10-13(9-17(2)23(19,20)16-10)14(18)22-8-7-21-12-5-3-11(15)4-6-12/h3-6,9H,7-8H2,1-2H3. The van der Waals surface area contributed by atoms with Crippen LogP contribution in [0, 0.1) is 5.82 Å². The van der Waals surface area contributed by atoms with Crippen LogP contribution in [0.1, 0.15) is 6.92 Å². The van der Waals surface area contributed by atoms with E-state index in [0.717, 1.165) is 10.5 Å². The van der Waals surface area contributed by atoms with Crippen molar-refractivity contribution in [3.05, 3.63) is 41.9 Å². The van der Waals surface area contributed by atoms with E-state index in [9.17, 15) is 17.6 Å². The van der Waals surface area contributed by atoms with E-state index in [2.05, 4.69) is 4.40 Å². The molecule has 9 heteroatoms. The molecule has 1 aromatic carbocycles. The fourth-order valence-corrected chi connectivity index (χ4v) is 2.54. The summed E-state index contributed by atoms with van der Waals surface area (Å²) in [5.74, 6) is -0.625. The minimum Gasteiger partial charge on any atom is -0.490 e. The van der Waals surface area contributed by atoms with E-state index in [1.807, 2.05) is 0 Å². The summed E-state index contributed by atoms with van der Waals surface area (Å²) in [5.41, 5.74) is 0.122. The van der Waals surface area contributed by atoms with Crippen molar-refractivity contribution in [2.24, 2.45) is 4.40 Å². The second-order valence-electron chi connectivity index (χ2n) is 4.65. The Bertz CT molecular complexity index is 756. The van der Waals surface area contributed by atoms with E-state index in [1.165, 1.54) is 38.2 Å². The van der Waals surface area contributed by atoms with E-state index in [1.54, 1.807) is 0 Å². The van der Waals surface area contributed by atoms with Gasteiger partial charge in [-0.15, -0.1) is 4.40 Å². The highest BCUT2D eigenvalue weighted by molar-refractivity contribution is 7.88. The molecule has 1 aliphatic rings. The van der Waals surface area contributed by atoms with Crippen molar-refractivity contribution in [1.29, 1.82) is 0 Å². The third-order valence-corrected chi connectivity index (χ3v) is 4.27. The molecule has 0 radical (unpaired) electrons. The number of carbonyl (C=O) groups is 1. The molecule has 7 nitrogen and oxygen atoms in total. The Morgan fingerprint density at radius 3 is 2.57 bits per heavy atom. The van der Waals surface area contributed by atoms with Gasteiger partial charge in [-0.2, -0.15) is 8.42 Å². The Hall–Kier alpha value is -2.42. The lowest BCUT2D eigenvalue weighted by atomic mass is 10.2. The monoisotopic (exact) mass is 342 g/mol. The molecule has 1 heterocycles. The summed E-state index contributed by atoms with van der Waals surface area (Å²) >= 11 is 0. The van der Waals surface area contributed by atoms with Gasteiger partial charge < -0.3 is 9.47 Å². The molecule has 0 saturated carbocycles. The Morgan fingerprint density at radius 1 is 1.26 bits per heavy atom. The van der Waals surface area contributed by atoms with Gasteiger partial charge >= 0.3 is 16.2 Å². The molecule has 0 unspecified atom stereocenters. The Balaban J connectivity index is 1.86. The van der Waals surface area contributed by atoms with Crippen LogP contribution in [0.25, 0.3) is 0 Å². The van der Waals surface area contributed by atoms with Crippen molar-refractivity contribution in [2.45, 2.75) is 6.92 Å². The fourth-order valence-electron chi connectivity index (χ4n) is 1.73. The maximum absolute atomic E-state index is 12.7. The minimum absolute atomic E-state index is 0.0444. The first-order valence-corrected chi connectivity index (χ1v) is 8.01. The van der Waals surface area contributed by atoms with Gasteiger partial charge in [0.1, 0.15) is 24.8 Å². The molecule has 0 saturated heterocycles. The van der Waals surface area contributed by atoms with Gasteiger partial charge in [-0.05, 0) is 31.2 Å². The Morgan fingerprint density at radius 2 is 1.91 bits per heavy atom. The molecular formula is C14H15FN2O5S. The van der Waals surface area contributed by atoms with Crippen LogP contribution in [0.2, 0.25) is 0 Å². The van der Waals surface area contributed by atoms with Crippen LogP contribution >= 0.6 is 0 Å². The average Bonchev–Trinajstić information content (AvgIpc) is 2.48. The van der Waals surface area contributed by atoms with Crippen LogP contribution in [-0.4, -0.2) is 44.7 Å². The number of benzene rings is 1. The molecule has 0 amide bonds. The predicted octanol–water partition coefficient (Wildman–Crippen LogP) is 1.28. The predicted molar refractivity (Wildman–Crippen MR) is 80.7 cm³/mol. The van der Waals surface area contributed by atoms with Gasteiger partial charge in [0, 0.05) is 13.2 Å². The zero-order valence-electron chi connectivity index (χ0n) is 12.5. The van der Waals surface area contributed by atoms with Gasteiger partial charge in [-0.25, -0.2) is 9.18 Å². The van der Waals surface area contributed by atoms with Crippen LogP contribution in [0.15, 0.2) is 40.4 Å². The summed E-state index contributed by atoms with van der Waals surface area (Å²) in [6.07, 6.45) is 1.15. The molecule has 1 aromatic rings. The van der Waals surface area contributed by atoms with Crippen LogP contribution in [0.5, 0.6) is 5.75 Å². The third kappa shape index (κ3) is 4.28. The number of nitrogens with zero attached hydrogens (tertiary/aromatic N) is 2. The molecule has 0 N–H and O–H groups in total. The average molecular weight is 342 g/mol. The topological polar surface area (TPSA) is 85.3 Å². The SMILES string of the molecule is CC1=NS(=O)(=O)N(C)C=C1C(=O)OCCOc1ccc(F)cc1. The molecular weight excluding hydrogens is 327 g/mol. The number of esters is 1. The first-order chi connectivity index (χ1) is 10.8. The minimum atomic E-state index is -3.76. The summed E-state index contributed by atoms with van der Waals surface area (Å²) in [6.45, 7) is 1.44. The van der Waals surface area contributed by atoms with Crippen molar-refractivity contribution in [3.63, 3.8) is 0 Å². The fraction of sp³-hybridized carbons (Fsp3) is 0.286. The molecule has 23 heavy (non-hydrogen) atoms. The lowest BCUT2D eigenvalue weighted by Gasteiger charge is -2.19. The van der Waals surface area contributed by atoms with Crippen LogP contribution < -0.4 is 4.74 Å². The lowest BCUT2D eigenvalue weighted by Crippen LogP contribution is -2.29. The lowest BCUT2D eigenvalue weighted by molar-refractivity contribution is -0.139. The molecule has 0 spiro atoms. The quantitative estimate of drug-likeness (QED) is 0.594. The summed E-state index contributed by atoms with van der Waals surface area (Å²) in [4.78, 5) is 11.9. The number of ether oxygens (including phenoxy) is 2. The maximum Gasteiger partial charge on any atom is 0.344 e. The maximum atomic E-state index is 12.7. The summed E-state index contributed by atoms with van der Waals surface area (Å²) < 4.78 is 50.3. The molecule has 0 atom stereocenters. The largest absolute Gasteiger partial charge is 0.490 e. The first kappa shape index (κ1) is 16.9. The zero-order valence-corrected chi connectivity index (χ0v) is 13.3. The van der Waals surface area contributed by atoms with Crippen molar-refractivity contribution >= 4 is 21.9 Å².